The molecule has 0 saturated carbocycles. The van der Waals surface area contributed by atoms with E-state index < -0.39 is 270 Å². The van der Waals surface area contributed by atoms with Crippen molar-refractivity contribution < 1.29 is 182 Å². The maximum atomic E-state index is 13.4. The highest BCUT2D eigenvalue weighted by Crippen LogP contribution is 2.41. The molecule has 37 heteroatoms. The Morgan fingerprint density at radius 1 is 0.423 bits per heavy atom. The van der Waals surface area contributed by atoms with E-state index in [4.69, 9.17) is 75.8 Å². The van der Waals surface area contributed by atoms with Crippen molar-refractivity contribution in [1.82, 2.24) is 0 Å². The van der Waals surface area contributed by atoms with Gasteiger partial charge < -0.3 is 167 Å². The van der Waals surface area contributed by atoms with Gasteiger partial charge in [0.05, 0.1) is 81.5 Å². The Labute approximate surface area is 602 Å². The first-order chi connectivity index (χ1) is 49.1. The zero-order valence-corrected chi connectivity index (χ0v) is 60.3. The Balaban J connectivity index is 1.21. The van der Waals surface area contributed by atoms with Crippen LogP contribution in [0.15, 0.2) is 11.6 Å². The molecule has 7 aliphatic heterocycles. The third kappa shape index (κ3) is 21.5. The highest BCUT2D eigenvalue weighted by molar-refractivity contribution is 5.87. The Bertz CT molecular complexity index is 2630. The number of carbonyl (C=O) groups is 3. The first-order valence-electron chi connectivity index (χ1n) is 35.8. The Hall–Kier alpha value is -3.09. The molecule has 37 nitrogen and oxygen atoms in total. The lowest BCUT2D eigenvalue weighted by molar-refractivity contribution is -0.415. The number of allylic oxidation sites excluding steroid dienone is 1. The monoisotopic (exact) mass is 1510 g/mol. The van der Waals surface area contributed by atoms with Gasteiger partial charge in [-0.05, 0) is 81.6 Å². The molecule has 39 atom stereocenters. The van der Waals surface area contributed by atoms with Crippen molar-refractivity contribution in [2.45, 2.75) is 367 Å². The summed E-state index contributed by atoms with van der Waals surface area (Å²) in [5.74, 6) is -3.50. The van der Waals surface area contributed by atoms with Crippen LogP contribution in [0, 0.1) is 5.92 Å². The lowest BCUT2D eigenvalue weighted by Crippen LogP contribution is -2.69. The van der Waals surface area contributed by atoms with E-state index in [0.717, 1.165) is 19.3 Å². The van der Waals surface area contributed by atoms with Crippen molar-refractivity contribution in [2.24, 2.45) is 5.92 Å². The summed E-state index contributed by atoms with van der Waals surface area (Å²) in [6, 6.07) is 0. The second-order valence-electron chi connectivity index (χ2n) is 28.1. The molecule has 0 unspecified atom stereocenters. The summed E-state index contributed by atoms with van der Waals surface area (Å²) in [5.41, 5.74) is 0.0917. The van der Waals surface area contributed by atoms with Crippen LogP contribution in [-0.4, -0.2) is 358 Å². The molecule has 0 amide bonds. The van der Waals surface area contributed by atoms with Crippen LogP contribution in [0.3, 0.4) is 0 Å². The van der Waals surface area contributed by atoms with Crippen LogP contribution in [-0.2, 0) is 94.9 Å². The molecule has 604 valence electrons. The molecule has 0 aromatic rings. The van der Waals surface area contributed by atoms with E-state index >= 15 is 0 Å². The number of aliphatic hydroxyl groups excluding tert-OH is 17. The van der Waals surface area contributed by atoms with E-state index in [1.165, 1.54) is 68.6 Å². The van der Waals surface area contributed by atoms with Crippen LogP contribution in [0.1, 0.15) is 133 Å². The van der Waals surface area contributed by atoms with Gasteiger partial charge in [0.1, 0.15) is 128 Å². The molecular weight excluding hydrogens is 1400 g/mol. The van der Waals surface area contributed by atoms with Gasteiger partial charge in [-0.3, -0.25) is 9.59 Å². The number of aliphatic hydroxyl groups is 17. The highest BCUT2D eigenvalue weighted by Gasteiger charge is 2.60. The van der Waals surface area contributed by atoms with Crippen molar-refractivity contribution in [3.8, 4) is 0 Å². The number of ether oxygens (including phenoxy) is 17. The molecule has 0 aromatic carbocycles. The van der Waals surface area contributed by atoms with E-state index in [0.29, 0.717) is 38.5 Å². The van der Waals surface area contributed by atoms with Crippen molar-refractivity contribution in [3.05, 3.63) is 11.6 Å². The lowest BCUT2D eigenvalue weighted by atomic mass is 9.95. The van der Waals surface area contributed by atoms with Crippen LogP contribution >= 0.6 is 0 Å². The molecule has 0 bridgehead atoms. The second-order valence-corrected chi connectivity index (χ2v) is 28.1. The topological polar surface area (TPSA) is 552 Å². The molecule has 7 aliphatic rings. The molecule has 0 radical (unpaired) electrons. The molecule has 7 rings (SSSR count). The summed E-state index contributed by atoms with van der Waals surface area (Å²) in [7, 11) is 1.25. The minimum Gasteiger partial charge on any atom is -0.469 e. The number of rotatable bonds is 33. The minimum absolute atomic E-state index is 0.0917. The van der Waals surface area contributed by atoms with Crippen LogP contribution in [0.25, 0.3) is 0 Å². The van der Waals surface area contributed by atoms with Gasteiger partial charge in [-0.25, -0.2) is 4.79 Å². The van der Waals surface area contributed by atoms with Crippen LogP contribution in [0.5, 0.6) is 0 Å². The number of esters is 3. The third-order valence-electron chi connectivity index (χ3n) is 20.2. The first-order valence-corrected chi connectivity index (χ1v) is 35.8. The normalized spacial score (nSPS) is 44.3. The van der Waals surface area contributed by atoms with Gasteiger partial charge >= 0.3 is 17.9 Å². The van der Waals surface area contributed by atoms with Crippen LogP contribution < -0.4 is 0 Å². The van der Waals surface area contributed by atoms with E-state index in [2.05, 4.69) is 4.74 Å². The predicted octanol–water partition coefficient (Wildman–Crippen LogP) is -5.21. The Morgan fingerprint density at radius 3 is 1.33 bits per heavy atom. The third-order valence-corrected chi connectivity index (χ3v) is 20.2. The average Bonchev–Trinajstić information content (AvgIpc) is 0.763. The fourth-order valence-electron chi connectivity index (χ4n) is 13.3. The van der Waals surface area contributed by atoms with Gasteiger partial charge in [0.2, 0.25) is 0 Å². The first kappa shape index (κ1) is 88.1. The smallest absolute Gasteiger partial charge is 0.333 e. The number of unbranched alkanes of at least 4 members (excludes halogenated alkanes) is 4. The summed E-state index contributed by atoms with van der Waals surface area (Å²) in [6.07, 6.45) is -60.1. The summed E-state index contributed by atoms with van der Waals surface area (Å²) < 4.78 is 103. The Morgan fingerprint density at radius 2 is 0.817 bits per heavy atom. The molecule has 104 heavy (non-hydrogen) atoms. The molecule has 7 saturated heterocycles. The Kier molecular flexibility index (Phi) is 34.1. The van der Waals surface area contributed by atoms with Gasteiger partial charge in [-0.2, -0.15) is 0 Å². The minimum atomic E-state index is -2.35. The average molecular weight is 1510 g/mol. The highest BCUT2D eigenvalue weighted by atomic mass is 16.8. The van der Waals surface area contributed by atoms with Gasteiger partial charge in [0.15, 0.2) is 56.2 Å². The zero-order valence-electron chi connectivity index (χ0n) is 60.3. The molecule has 0 aliphatic carbocycles. The van der Waals surface area contributed by atoms with Crippen molar-refractivity contribution in [3.63, 3.8) is 0 Å². The van der Waals surface area contributed by atoms with Crippen molar-refractivity contribution in [1.29, 1.82) is 0 Å². The largest absolute Gasteiger partial charge is 0.469 e. The van der Waals surface area contributed by atoms with Gasteiger partial charge in [-0.1, -0.05) is 51.5 Å². The summed E-state index contributed by atoms with van der Waals surface area (Å²) in [5, 5.41) is 192. The van der Waals surface area contributed by atoms with E-state index in [-0.39, 0.29) is 12.0 Å². The lowest BCUT2D eigenvalue weighted by Gasteiger charge is -2.51. The van der Waals surface area contributed by atoms with Gasteiger partial charge in [-0.15, -0.1) is 0 Å². The molecule has 0 spiro atoms. The van der Waals surface area contributed by atoms with Crippen molar-refractivity contribution >= 4 is 17.9 Å². The SMILES string of the molecule is C/C=C(\C)C(=O)O[C@H]1[C@H](O[C@@H]2O[C@@H](C)[C@H](O)[C@@H](O)[C@H]2O)[C@@H](O)[C@H](O[C@H]2[C@H](O[C@H]3[C@@H](O)[C@H](O[C@H]4[C@H](O[C@H]5[C@H](O[C@@H](CCC)CCCCCCC[C@H](O)CC(=O)OC)O[C@H](C)[C@H](O)[C@@H]5O)O[C@H](CO)[C@@H](O)[C@@H]4O)O[C@@H](C)[C@@H]3O[C@@H]3O[C@H](C)[C@@H](OC(=O)[C@H](C)[C@@H](C)O)[C@H](O)[C@H]3O)O[C@H](CO)[C@@H](O)[C@@H]2O)O[C@@H]1C. The maximum absolute atomic E-state index is 13.4. The van der Waals surface area contributed by atoms with Gasteiger partial charge in [0.25, 0.3) is 0 Å². The maximum Gasteiger partial charge on any atom is 0.333 e. The standard InChI is InChI=1S/C67H114O37/c1-12-19-34(21-18-16-14-15-17-20-33(71)22-37(72)88-11)94-65-56(43(78)39(74)29(7)90-65)104-67-58(45(80)41(76)36(24-69)96-67)103-64-50(85)55(53(32(10)93-64)99-62-48(83)46(81)51(30(8)91-62)97-60(87)26(4)27(5)70)101-66-57(44(79)40(75)35(23-68)95-66)102-63-49(84)54(52(31(9)92-63)98-59(86)25(3)13-2)100-61-47(82)42(77)38(73)28(6)89-61/h13,26-36,38-58,61-71,73-85H,12,14-24H2,1-11H3/b25-13+/t26-,27-,28+,29-,30-,31-,32+,33+,34+,35-,36-,38+,39+,40-,41-,42-,43+,44+,45+,46-,47-,48-,49-,50-,51-,52-,53+,54-,55+,56-,57-,58-,61+,62+,63+,64+,65+,66+,67+/m1/s1. The van der Waals surface area contributed by atoms with E-state index in [1.807, 2.05) is 6.92 Å². The number of hydrogen-bond donors (Lipinski definition) is 17. The summed E-state index contributed by atoms with van der Waals surface area (Å²) in [4.78, 5) is 38.0. The fraction of sp³-hybridized carbons (Fsp3) is 0.925. The molecule has 0 aromatic heterocycles. The predicted molar refractivity (Wildman–Crippen MR) is 345 cm³/mol. The van der Waals surface area contributed by atoms with Crippen LogP contribution in [0.4, 0.5) is 0 Å². The molecular formula is C67H114O37. The molecule has 7 fully saturated rings. The molecule has 17 N–H and O–H groups in total. The number of methoxy groups -OCH3 is 1. The number of hydrogen-bond acceptors (Lipinski definition) is 37. The zero-order chi connectivity index (χ0) is 77.0. The molecule has 7 heterocycles. The summed E-state index contributed by atoms with van der Waals surface area (Å²) >= 11 is 0. The quantitative estimate of drug-likeness (QED) is 0.0126. The number of carbonyl (C=O) groups excluding carboxylic acids is 3. The fourth-order valence-corrected chi connectivity index (χ4v) is 13.3. The van der Waals surface area contributed by atoms with Crippen molar-refractivity contribution in [2.75, 3.05) is 20.3 Å². The van der Waals surface area contributed by atoms with E-state index in [1.54, 1.807) is 6.92 Å². The van der Waals surface area contributed by atoms with Crippen LogP contribution in [0.2, 0.25) is 0 Å². The summed E-state index contributed by atoms with van der Waals surface area (Å²) in [6.45, 7) is 12.4. The second kappa shape index (κ2) is 40.2. The van der Waals surface area contributed by atoms with E-state index in [9.17, 15) is 101 Å². The van der Waals surface area contributed by atoms with Gasteiger partial charge in [0, 0.05) is 5.57 Å².